The van der Waals surface area contributed by atoms with Gasteiger partial charge in [-0.3, -0.25) is 9.69 Å². The summed E-state index contributed by atoms with van der Waals surface area (Å²) >= 11 is 0. The molecule has 2 saturated heterocycles. The number of rotatable bonds is 6. The number of piperidine rings is 1. The molecule has 3 rings (SSSR count). The summed E-state index contributed by atoms with van der Waals surface area (Å²) in [5, 5.41) is 6.22. The second kappa shape index (κ2) is 9.16. The number of carbonyl (C=O) groups excluding carboxylic acids is 1. The fraction of sp³-hybridized carbons (Fsp3) is 0.632. The second-order valence-corrected chi connectivity index (χ2v) is 6.85. The van der Waals surface area contributed by atoms with Gasteiger partial charge in [0.1, 0.15) is 6.10 Å². The van der Waals surface area contributed by atoms with E-state index in [2.05, 4.69) is 45.9 Å². The van der Waals surface area contributed by atoms with Crippen LogP contribution in [0, 0.1) is 5.92 Å². The van der Waals surface area contributed by atoms with Crippen LogP contribution in [0.4, 0.5) is 0 Å². The van der Waals surface area contributed by atoms with Crippen LogP contribution >= 0.6 is 0 Å². The number of nitrogens with one attached hydrogen (secondary N) is 2. The van der Waals surface area contributed by atoms with Gasteiger partial charge in [0, 0.05) is 26.2 Å². The molecule has 24 heavy (non-hydrogen) atoms. The number of morpholine rings is 1. The molecule has 1 atom stereocenters. The van der Waals surface area contributed by atoms with Gasteiger partial charge in [0.15, 0.2) is 0 Å². The van der Waals surface area contributed by atoms with Gasteiger partial charge in [0.05, 0.1) is 6.61 Å². The highest BCUT2D eigenvalue weighted by atomic mass is 16.5. The van der Waals surface area contributed by atoms with E-state index in [1.54, 1.807) is 0 Å². The van der Waals surface area contributed by atoms with Crippen LogP contribution in [-0.4, -0.2) is 56.2 Å². The highest BCUT2D eigenvalue weighted by Gasteiger charge is 2.22. The van der Waals surface area contributed by atoms with Crippen LogP contribution < -0.4 is 10.6 Å². The predicted octanol–water partition coefficient (Wildman–Crippen LogP) is 1.39. The van der Waals surface area contributed by atoms with E-state index in [1.807, 2.05) is 0 Å². The predicted molar refractivity (Wildman–Crippen MR) is 94.7 cm³/mol. The average Bonchev–Trinajstić information content (AvgIpc) is 2.65. The summed E-state index contributed by atoms with van der Waals surface area (Å²) in [5.74, 6) is 0.756. The third kappa shape index (κ3) is 5.30. The Bertz CT molecular complexity index is 495. The second-order valence-electron chi connectivity index (χ2n) is 6.85. The number of hydrogen-bond donors (Lipinski definition) is 2. The molecule has 2 aliphatic rings. The van der Waals surface area contributed by atoms with Crippen molar-refractivity contribution in [2.45, 2.75) is 31.9 Å². The monoisotopic (exact) mass is 331 g/mol. The van der Waals surface area contributed by atoms with Crippen molar-refractivity contribution in [1.82, 2.24) is 15.5 Å². The van der Waals surface area contributed by atoms with E-state index in [4.69, 9.17) is 4.74 Å². The van der Waals surface area contributed by atoms with Crippen molar-refractivity contribution in [2.75, 3.05) is 39.3 Å². The van der Waals surface area contributed by atoms with Crippen molar-refractivity contribution < 1.29 is 9.53 Å². The Morgan fingerprint density at radius 1 is 1.25 bits per heavy atom. The van der Waals surface area contributed by atoms with Crippen LogP contribution in [0.25, 0.3) is 0 Å². The number of hydrogen-bond acceptors (Lipinski definition) is 4. The summed E-state index contributed by atoms with van der Waals surface area (Å²) in [6, 6.07) is 10.7. The maximum Gasteiger partial charge on any atom is 0.250 e. The number of ether oxygens (including phenoxy) is 1. The van der Waals surface area contributed by atoms with Crippen molar-refractivity contribution >= 4 is 5.91 Å². The van der Waals surface area contributed by atoms with Crippen molar-refractivity contribution in [3.63, 3.8) is 0 Å². The van der Waals surface area contributed by atoms with Crippen molar-refractivity contribution in [2.24, 2.45) is 5.92 Å². The zero-order valence-corrected chi connectivity index (χ0v) is 14.4. The summed E-state index contributed by atoms with van der Waals surface area (Å²) in [6.07, 6.45) is 3.21. The molecule has 0 spiro atoms. The number of nitrogens with zero attached hydrogens (tertiary/aromatic N) is 1. The van der Waals surface area contributed by atoms with Gasteiger partial charge in [-0.2, -0.15) is 0 Å². The van der Waals surface area contributed by atoms with E-state index < -0.39 is 0 Å². The van der Waals surface area contributed by atoms with Gasteiger partial charge in [-0.05, 0) is 43.8 Å². The van der Waals surface area contributed by atoms with E-state index >= 15 is 0 Å². The Hall–Kier alpha value is -1.43. The Morgan fingerprint density at radius 2 is 2.04 bits per heavy atom. The van der Waals surface area contributed by atoms with E-state index in [1.165, 1.54) is 18.4 Å². The van der Waals surface area contributed by atoms with Crippen LogP contribution in [0.2, 0.25) is 0 Å². The summed E-state index contributed by atoms with van der Waals surface area (Å²) in [6.45, 7) is 6.22. The van der Waals surface area contributed by atoms with Crippen molar-refractivity contribution in [3.8, 4) is 0 Å². The van der Waals surface area contributed by atoms with Crippen LogP contribution in [0.1, 0.15) is 24.8 Å². The molecule has 0 saturated carbocycles. The molecule has 1 amide bonds. The lowest BCUT2D eigenvalue weighted by Crippen LogP contribution is -2.48. The molecular formula is C19H29N3O2. The van der Waals surface area contributed by atoms with Gasteiger partial charge in [-0.15, -0.1) is 0 Å². The lowest BCUT2D eigenvalue weighted by molar-refractivity contribution is -0.134. The highest BCUT2D eigenvalue weighted by Crippen LogP contribution is 2.21. The Labute approximate surface area is 144 Å². The molecule has 2 heterocycles. The first-order chi connectivity index (χ1) is 11.8. The van der Waals surface area contributed by atoms with Crippen LogP contribution in [0.15, 0.2) is 30.3 Å². The van der Waals surface area contributed by atoms with Gasteiger partial charge >= 0.3 is 0 Å². The standard InChI is InChI=1S/C19H29N3O2/c23-19(18-14-20-10-13-24-18)21-9-6-16-7-11-22(12-8-16)15-17-4-2-1-3-5-17/h1-5,16,18,20H,6-15H2,(H,21,23)/t18-/m1/s1. The SMILES string of the molecule is O=C(NCCC1CCN(Cc2ccccc2)CC1)[C@H]1CNCCO1. The number of benzene rings is 1. The largest absolute Gasteiger partial charge is 0.366 e. The molecule has 0 unspecified atom stereocenters. The van der Waals surface area contributed by atoms with E-state index in [9.17, 15) is 4.79 Å². The molecule has 5 nitrogen and oxygen atoms in total. The summed E-state index contributed by atoms with van der Waals surface area (Å²) in [5.41, 5.74) is 1.39. The Kier molecular flexibility index (Phi) is 6.64. The molecule has 0 aliphatic carbocycles. The van der Waals surface area contributed by atoms with E-state index in [-0.39, 0.29) is 12.0 Å². The topological polar surface area (TPSA) is 53.6 Å². The quantitative estimate of drug-likeness (QED) is 0.827. The molecular weight excluding hydrogens is 302 g/mol. The summed E-state index contributed by atoms with van der Waals surface area (Å²) in [4.78, 5) is 14.5. The first-order valence-corrected chi connectivity index (χ1v) is 9.17. The zero-order valence-electron chi connectivity index (χ0n) is 14.4. The molecule has 1 aromatic carbocycles. The van der Waals surface area contributed by atoms with Gasteiger partial charge < -0.3 is 15.4 Å². The third-order valence-corrected chi connectivity index (χ3v) is 5.03. The zero-order chi connectivity index (χ0) is 16.6. The molecule has 2 fully saturated rings. The lowest BCUT2D eigenvalue weighted by atomic mass is 9.93. The van der Waals surface area contributed by atoms with Crippen LogP contribution in [0.5, 0.6) is 0 Å². The Balaban J connectivity index is 1.30. The highest BCUT2D eigenvalue weighted by molar-refractivity contribution is 5.81. The third-order valence-electron chi connectivity index (χ3n) is 5.03. The molecule has 132 valence electrons. The van der Waals surface area contributed by atoms with Crippen LogP contribution in [-0.2, 0) is 16.1 Å². The van der Waals surface area contributed by atoms with E-state index in [0.29, 0.717) is 13.2 Å². The fourth-order valence-electron chi connectivity index (χ4n) is 3.52. The summed E-state index contributed by atoms with van der Waals surface area (Å²) in [7, 11) is 0. The molecule has 1 aromatic rings. The Morgan fingerprint density at radius 3 is 2.75 bits per heavy atom. The van der Waals surface area contributed by atoms with Crippen LogP contribution in [0.3, 0.4) is 0 Å². The molecule has 2 aliphatic heterocycles. The molecule has 5 heteroatoms. The van der Waals surface area contributed by atoms with Gasteiger partial charge in [0.2, 0.25) is 5.91 Å². The normalized spacial score (nSPS) is 23.1. The van der Waals surface area contributed by atoms with Gasteiger partial charge in [-0.1, -0.05) is 30.3 Å². The van der Waals surface area contributed by atoms with Crippen molar-refractivity contribution in [1.29, 1.82) is 0 Å². The van der Waals surface area contributed by atoms with E-state index in [0.717, 1.165) is 45.1 Å². The molecule has 2 N–H and O–H groups in total. The van der Waals surface area contributed by atoms with Crippen molar-refractivity contribution in [3.05, 3.63) is 35.9 Å². The van der Waals surface area contributed by atoms with Gasteiger partial charge in [0.25, 0.3) is 0 Å². The number of carbonyl (C=O) groups is 1. The lowest BCUT2D eigenvalue weighted by Gasteiger charge is -2.32. The van der Waals surface area contributed by atoms with Gasteiger partial charge in [-0.25, -0.2) is 0 Å². The maximum atomic E-state index is 12.0. The smallest absolute Gasteiger partial charge is 0.250 e. The molecule has 0 radical (unpaired) electrons. The molecule has 0 aromatic heterocycles. The minimum atomic E-state index is -0.313. The number of amides is 1. The number of likely N-dealkylation sites (tertiary alicyclic amines) is 1. The average molecular weight is 331 g/mol. The minimum absolute atomic E-state index is 0.0312. The fourth-order valence-corrected chi connectivity index (χ4v) is 3.52. The first-order valence-electron chi connectivity index (χ1n) is 9.17. The minimum Gasteiger partial charge on any atom is -0.366 e. The maximum absolute atomic E-state index is 12.0. The first kappa shape index (κ1) is 17.4. The molecule has 0 bridgehead atoms. The summed E-state index contributed by atoms with van der Waals surface area (Å²) < 4.78 is 5.47.